The summed E-state index contributed by atoms with van der Waals surface area (Å²) in [5, 5.41) is 39.4. The Hall–Kier alpha value is -3.29. The average Bonchev–Trinajstić information content (AvgIpc) is 2.93. The summed E-state index contributed by atoms with van der Waals surface area (Å²) in [5.41, 5.74) is 3.03. The molecule has 0 heterocycles. The minimum atomic E-state index is -0.339. The quantitative estimate of drug-likeness (QED) is 0.201. The van der Waals surface area contributed by atoms with Crippen LogP contribution in [0.1, 0.15) is 62.8 Å². The lowest BCUT2D eigenvalue weighted by atomic mass is 9.83. The number of ether oxygens (including phenoxy) is 2. The molecule has 1 saturated carbocycles. The maximum absolute atomic E-state index is 15.4. The predicted octanol–water partition coefficient (Wildman–Crippen LogP) is 6.53. The number of phenolic OH excluding ortho intramolecular Hbond substituents is 2. The van der Waals surface area contributed by atoms with Gasteiger partial charge in [-0.1, -0.05) is 37.5 Å². The molecule has 3 aromatic carbocycles. The van der Waals surface area contributed by atoms with Gasteiger partial charge in [-0.15, -0.1) is 0 Å². The molecule has 204 valence electrons. The molecule has 38 heavy (non-hydrogen) atoms. The third-order valence-electron chi connectivity index (χ3n) is 7.08. The van der Waals surface area contributed by atoms with E-state index in [0.29, 0.717) is 47.4 Å². The fourth-order valence-electron chi connectivity index (χ4n) is 5.02. The van der Waals surface area contributed by atoms with E-state index in [1.165, 1.54) is 31.4 Å². The molecule has 0 amide bonds. The van der Waals surface area contributed by atoms with Gasteiger partial charge in [0.05, 0.1) is 13.2 Å². The van der Waals surface area contributed by atoms with E-state index in [1.807, 2.05) is 6.07 Å². The topological polar surface area (TPSA) is 99.4 Å². The number of unbranched alkanes of at least 4 members (excludes halogenated alkanes) is 1. The Morgan fingerprint density at radius 3 is 2.21 bits per heavy atom. The monoisotopic (exact) mass is 524 g/mol. The van der Waals surface area contributed by atoms with Gasteiger partial charge in [0.1, 0.15) is 5.82 Å². The van der Waals surface area contributed by atoms with Crippen molar-refractivity contribution in [1.29, 1.82) is 0 Å². The van der Waals surface area contributed by atoms with Crippen molar-refractivity contribution in [3.8, 4) is 45.3 Å². The van der Waals surface area contributed by atoms with Crippen LogP contribution in [0.5, 0.6) is 23.0 Å². The normalized spacial score (nSPS) is 14.0. The summed E-state index contributed by atoms with van der Waals surface area (Å²) in [6.45, 7) is 0.516. The van der Waals surface area contributed by atoms with Crippen LogP contribution in [0.25, 0.3) is 22.3 Å². The van der Waals surface area contributed by atoms with Crippen LogP contribution >= 0.6 is 0 Å². The molecule has 0 bridgehead atoms. The van der Waals surface area contributed by atoms with E-state index < -0.39 is 0 Å². The van der Waals surface area contributed by atoms with E-state index in [-0.39, 0.29) is 55.2 Å². The van der Waals surface area contributed by atoms with E-state index in [4.69, 9.17) is 19.7 Å². The van der Waals surface area contributed by atoms with Gasteiger partial charge in [0, 0.05) is 30.8 Å². The Bertz CT molecular complexity index is 1210. The number of phenols is 2. The highest BCUT2D eigenvalue weighted by Gasteiger charge is 2.20. The number of aromatic hydroxyl groups is 2. The Labute approximate surface area is 223 Å². The van der Waals surface area contributed by atoms with Crippen LogP contribution in [0, 0.1) is 5.82 Å². The Kier molecular flexibility index (Phi) is 9.85. The minimum Gasteiger partial charge on any atom is -0.504 e. The van der Waals surface area contributed by atoms with Crippen molar-refractivity contribution in [3.63, 3.8) is 0 Å². The van der Waals surface area contributed by atoms with Crippen LogP contribution < -0.4 is 9.47 Å². The summed E-state index contributed by atoms with van der Waals surface area (Å²) in [5.74, 6) is 0.323. The summed E-state index contributed by atoms with van der Waals surface area (Å²) in [6, 6.07) is 13.5. The lowest BCUT2D eigenvalue weighted by molar-refractivity contribution is 0.229. The first kappa shape index (κ1) is 27.7. The molecule has 0 aromatic heterocycles. The van der Waals surface area contributed by atoms with Crippen LogP contribution in [-0.2, 0) is 0 Å². The highest BCUT2D eigenvalue weighted by Crippen LogP contribution is 2.44. The highest BCUT2D eigenvalue weighted by atomic mass is 19.1. The maximum Gasteiger partial charge on any atom is 0.168 e. The molecule has 1 aliphatic carbocycles. The number of hydrogen-bond acceptors (Lipinski definition) is 6. The first-order valence-corrected chi connectivity index (χ1v) is 13.5. The predicted molar refractivity (Wildman–Crippen MR) is 145 cm³/mol. The third kappa shape index (κ3) is 6.77. The Balaban J connectivity index is 1.72. The smallest absolute Gasteiger partial charge is 0.168 e. The number of halogens is 1. The summed E-state index contributed by atoms with van der Waals surface area (Å²) < 4.78 is 27.0. The summed E-state index contributed by atoms with van der Waals surface area (Å²) in [4.78, 5) is 0. The summed E-state index contributed by atoms with van der Waals surface area (Å²) in [7, 11) is 0. The van der Waals surface area contributed by atoms with Crippen LogP contribution in [0.4, 0.5) is 4.39 Å². The molecule has 1 aliphatic rings. The van der Waals surface area contributed by atoms with E-state index in [9.17, 15) is 10.2 Å². The molecule has 1 fully saturated rings. The van der Waals surface area contributed by atoms with Crippen LogP contribution in [0.15, 0.2) is 48.5 Å². The molecule has 7 heteroatoms. The van der Waals surface area contributed by atoms with Gasteiger partial charge in [-0.3, -0.25) is 0 Å². The molecule has 0 radical (unpaired) electrons. The van der Waals surface area contributed by atoms with E-state index in [0.717, 1.165) is 18.4 Å². The minimum absolute atomic E-state index is 0.0344. The Morgan fingerprint density at radius 1 is 0.711 bits per heavy atom. The zero-order valence-electron chi connectivity index (χ0n) is 21.7. The van der Waals surface area contributed by atoms with E-state index in [1.54, 1.807) is 30.3 Å². The van der Waals surface area contributed by atoms with Crippen molar-refractivity contribution >= 4 is 0 Å². The van der Waals surface area contributed by atoms with Gasteiger partial charge in [0.2, 0.25) is 0 Å². The van der Waals surface area contributed by atoms with Gasteiger partial charge in [-0.2, -0.15) is 0 Å². The van der Waals surface area contributed by atoms with E-state index >= 15 is 4.39 Å². The van der Waals surface area contributed by atoms with Gasteiger partial charge >= 0.3 is 0 Å². The van der Waals surface area contributed by atoms with Crippen molar-refractivity contribution in [3.05, 3.63) is 59.9 Å². The number of rotatable bonds is 12. The summed E-state index contributed by atoms with van der Waals surface area (Å²) in [6.07, 6.45) is 7.31. The average molecular weight is 525 g/mol. The number of aliphatic hydroxyl groups is 2. The molecule has 4 rings (SSSR count). The second kappa shape index (κ2) is 13.5. The lowest BCUT2D eigenvalue weighted by Crippen LogP contribution is -2.05. The molecule has 0 spiro atoms. The van der Waals surface area contributed by atoms with Crippen LogP contribution in [0.3, 0.4) is 0 Å². The first-order chi connectivity index (χ1) is 18.5. The lowest BCUT2D eigenvalue weighted by Gasteiger charge is -2.22. The van der Waals surface area contributed by atoms with Gasteiger partial charge in [-0.25, -0.2) is 4.39 Å². The standard InChI is InChI=1S/C31H37FO6/c32-27-18-22(21-7-2-1-3-8-21)9-11-25(27)24-17-26(31(29(36)19-24)38-15-5-4-13-33)23-10-12-28(35)30(20-23)37-16-6-14-34/h9-12,17-21,33-36H,1-8,13-16H2. The molecule has 0 atom stereocenters. The molecule has 6 nitrogen and oxygen atoms in total. The molecule has 0 aliphatic heterocycles. The largest absolute Gasteiger partial charge is 0.504 e. The molecular weight excluding hydrogens is 487 g/mol. The van der Waals surface area contributed by atoms with E-state index in [2.05, 4.69) is 0 Å². The van der Waals surface area contributed by atoms with Gasteiger partial charge < -0.3 is 29.9 Å². The fourth-order valence-corrected chi connectivity index (χ4v) is 5.02. The summed E-state index contributed by atoms with van der Waals surface area (Å²) >= 11 is 0. The highest BCUT2D eigenvalue weighted by molar-refractivity contribution is 5.82. The zero-order chi connectivity index (χ0) is 26.9. The number of hydrogen-bond donors (Lipinski definition) is 4. The Morgan fingerprint density at radius 2 is 1.47 bits per heavy atom. The second-order valence-corrected chi connectivity index (χ2v) is 9.83. The number of benzene rings is 3. The maximum atomic E-state index is 15.4. The van der Waals surface area contributed by atoms with Gasteiger partial charge in [0.25, 0.3) is 0 Å². The number of aliphatic hydroxyl groups excluding tert-OH is 2. The first-order valence-electron chi connectivity index (χ1n) is 13.5. The van der Waals surface area contributed by atoms with Gasteiger partial charge in [0.15, 0.2) is 23.0 Å². The van der Waals surface area contributed by atoms with Crippen LogP contribution in [-0.4, -0.2) is 46.9 Å². The zero-order valence-corrected chi connectivity index (χ0v) is 21.7. The van der Waals surface area contributed by atoms with Crippen LogP contribution in [0.2, 0.25) is 0 Å². The van der Waals surface area contributed by atoms with Crippen molar-refractivity contribution in [2.24, 2.45) is 0 Å². The van der Waals surface area contributed by atoms with Crippen molar-refractivity contribution in [2.75, 3.05) is 26.4 Å². The molecule has 0 saturated heterocycles. The SMILES string of the molecule is OCCCCOc1c(O)cc(-c2ccc(C3CCCCC3)cc2F)cc1-c1ccc(O)c(OCCCO)c1. The van der Waals surface area contributed by atoms with Crippen molar-refractivity contribution in [2.45, 2.75) is 57.3 Å². The molecule has 3 aromatic rings. The van der Waals surface area contributed by atoms with Crippen molar-refractivity contribution in [1.82, 2.24) is 0 Å². The fraction of sp³-hybridized carbons (Fsp3) is 0.419. The van der Waals surface area contributed by atoms with Gasteiger partial charge in [-0.05, 0) is 78.6 Å². The molecular formula is C31H37FO6. The van der Waals surface area contributed by atoms with Crippen molar-refractivity contribution < 1.29 is 34.3 Å². The third-order valence-corrected chi connectivity index (χ3v) is 7.08. The molecule has 0 unspecified atom stereocenters. The second-order valence-electron chi connectivity index (χ2n) is 9.83. The molecule has 4 N–H and O–H groups in total.